The summed E-state index contributed by atoms with van der Waals surface area (Å²) in [5.41, 5.74) is 7.40. The smallest absolute Gasteiger partial charge is 0.351 e. The van der Waals surface area contributed by atoms with Gasteiger partial charge in [0.25, 0.3) is 0 Å². The average Bonchev–Trinajstić information content (AvgIpc) is 3.24. The number of nitrogens with two attached hydrogens (primary N) is 1. The summed E-state index contributed by atoms with van der Waals surface area (Å²) in [6, 6.07) is 10.2. The van der Waals surface area contributed by atoms with Crippen molar-refractivity contribution in [1.29, 1.82) is 0 Å². The number of nitrogens with zero attached hydrogens (tertiary/aromatic N) is 2. The molecule has 0 saturated carbocycles. The van der Waals surface area contributed by atoms with Crippen molar-refractivity contribution in [2.75, 3.05) is 12.3 Å². The minimum atomic E-state index is -2.13. The predicted molar refractivity (Wildman–Crippen MR) is 180 cm³/mol. The normalized spacial score (nSPS) is 21.3. The quantitative estimate of drug-likeness (QED) is 0.267. The van der Waals surface area contributed by atoms with E-state index in [2.05, 4.69) is 106 Å². The summed E-state index contributed by atoms with van der Waals surface area (Å²) in [6.07, 6.45) is 1.05. The number of anilines is 1. The van der Waals surface area contributed by atoms with E-state index in [9.17, 15) is 4.79 Å². The molecule has 0 bridgehead atoms. The highest BCUT2D eigenvalue weighted by Crippen LogP contribution is 2.43. The number of hydrogen-bond acceptors (Lipinski definition) is 7. The third kappa shape index (κ3) is 8.67. The second kappa shape index (κ2) is 12.9. The molecule has 1 aromatic heterocycles. The summed E-state index contributed by atoms with van der Waals surface area (Å²) < 4.78 is 28.1. The van der Waals surface area contributed by atoms with Crippen molar-refractivity contribution in [2.24, 2.45) is 5.41 Å². The largest absolute Gasteiger partial charge is 0.414 e. The zero-order chi connectivity index (χ0) is 32.6. The maximum absolute atomic E-state index is 13.2. The van der Waals surface area contributed by atoms with Crippen LogP contribution in [-0.4, -0.2) is 45.0 Å². The molecule has 0 amide bonds. The maximum Gasteiger partial charge on any atom is 0.351 e. The summed E-state index contributed by atoms with van der Waals surface area (Å²) >= 11 is 0. The Morgan fingerprint density at radius 3 is 2.09 bits per heavy atom. The molecule has 0 aliphatic carbocycles. The van der Waals surface area contributed by atoms with Crippen molar-refractivity contribution in [1.82, 2.24) is 9.55 Å². The lowest BCUT2D eigenvalue weighted by Gasteiger charge is -2.40. The first kappa shape index (κ1) is 35.7. The maximum atomic E-state index is 13.2. The van der Waals surface area contributed by atoms with Crippen molar-refractivity contribution < 1.29 is 18.3 Å². The number of nitrogen functional groups attached to an aromatic ring is 1. The van der Waals surface area contributed by atoms with E-state index in [1.54, 1.807) is 10.8 Å². The van der Waals surface area contributed by atoms with Crippen LogP contribution in [0.25, 0.3) is 0 Å². The van der Waals surface area contributed by atoms with Crippen LogP contribution in [0.5, 0.6) is 0 Å². The molecule has 2 N–H and O–H groups in total. The van der Waals surface area contributed by atoms with Crippen LogP contribution in [0.2, 0.25) is 36.3 Å². The lowest BCUT2D eigenvalue weighted by atomic mass is 9.84. The molecular weight excluding hydrogens is 575 g/mol. The highest BCUT2D eigenvalue weighted by Gasteiger charge is 2.47. The lowest BCUT2D eigenvalue weighted by Crippen LogP contribution is -2.48. The first-order valence-electron chi connectivity index (χ1n) is 15.5. The SMILES string of the molecule is CC(C)(C)C(OCc1cn([C@H]2C[C@@H](O[Si](C)(C)C(C)(C)C)[C@@H](CO[Si](C)(C)C(C)(C)C)O2)c(=O)nc1N)c1ccccc1. The second-order valence-electron chi connectivity index (χ2n) is 16.2. The summed E-state index contributed by atoms with van der Waals surface area (Å²) in [5, 5.41) is 0.0978. The van der Waals surface area contributed by atoms with Crippen LogP contribution in [0.3, 0.4) is 0 Å². The average molecular weight is 632 g/mol. The number of aromatic nitrogens is 2. The monoisotopic (exact) mass is 631 g/mol. The summed E-state index contributed by atoms with van der Waals surface area (Å²) in [7, 11) is -4.16. The van der Waals surface area contributed by atoms with E-state index in [1.165, 1.54) is 0 Å². The molecule has 3 rings (SSSR count). The van der Waals surface area contributed by atoms with Crippen LogP contribution < -0.4 is 11.4 Å². The predicted octanol–water partition coefficient (Wildman–Crippen LogP) is 7.83. The second-order valence-corrected chi connectivity index (χ2v) is 25.7. The molecule has 10 heteroatoms. The Hall–Kier alpha value is -1.83. The first-order chi connectivity index (χ1) is 19.5. The van der Waals surface area contributed by atoms with Gasteiger partial charge in [0.15, 0.2) is 16.6 Å². The van der Waals surface area contributed by atoms with Gasteiger partial charge in [-0.25, -0.2) is 4.79 Å². The standard InChI is InChI=1S/C33H57N3O5Si2/c1-31(2,3)28(23-17-15-14-16-18-23)38-21-24-20-36(30(37)35-29(24)34)27-19-25(41-43(12,13)33(7,8)9)26(40-27)22-39-42(10,11)32(4,5)6/h14-18,20,25-28H,19,21-22H2,1-13H3,(H2,34,35,37)/t25-,26-,27-,28?/m1/s1. The highest BCUT2D eigenvalue weighted by atomic mass is 28.4. The molecule has 2 aromatic rings. The fraction of sp³-hybridized carbons (Fsp3) is 0.697. The fourth-order valence-corrected chi connectivity index (χ4v) is 7.07. The molecule has 0 spiro atoms. The molecular formula is C33H57N3O5Si2. The van der Waals surface area contributed by atoms with Crippen LogP contribution in [-0.2, 0) is 24.9 Å². The molecule has 2 heterocycles. The van der Waals surface area contributed by atoms with Crippen LogP contribution >= 0.6 is 0 Å². The van der Waals surface area contributed by atoms with Crippen LogP contribution in [0.15, 0.2) is 41.3 Å². The summed E-state index contributed by atoms with van der Waals surface area (Å²) in [5.74, 6) is 0.173. The third-order valence-corrected chi connectivity index (χ3v) is 18.5. The molecule has 8 nitrogen and oxygen atoms in total. The summed E-state index contributed by atoms with van der Waals surface area (Å²) in [6.45, 7) is 29.4. The van der Waals surface area contributed by atoms with Gasteiger partial charge in [0.2, 0.25) is 0 Å². The van der Waals surface area contributed by atoms with E-state index < -0.39 is 28.6 Å². The van der Waals surface area contributed by atoms with Crippen molar-refractivity contribution in [3.8, 4) is 0 Å². The number of ether oxygens (including phenoxy) is 2. The minimum Gasteiger partial charge on any atom is -0.414 e. The Morgan fingerprint density at radius 2 is 1.56 bits per heavy atom. The van der Waals surface area contributed by atoms with Crippen molar-refractivity contribution in [3.63, 3.8) is 0 Å². The minimum absolute atomic E-state index is 0.0301. The number of rotatable bonds is 10. The molecule has 1 saturated heterocycles. The lowest BCUT2D eigenvalue weighted by molar-refractivity contribution is -0.0426. The Kier molecular flexibility index (Phi) is 10.7. The van der Waals surface area contributed by atoms with E-state index in [0.29, 0.717) is 18.6 Å². The van der Waals surface area contributed by atoms with Gasteiger partial charge < -0.3 is 24.1 Å². The molecule has 4 atom stereocenters. The zero-order valence-corrected chi connectivity index (χ0v) is 30.9. The van der Waals surface area contributed by atoms with Gasteiger partial charge in [0, 0.05) is 18.2 Å². The molecule has 43 heavy (non-hydrogen) atoms. The molecule has 1 aliphatic heterocycles. The van der Waals surface area contributed by atoms with Crippen LogP contribution in [0.1, 0.15) is 92.2 Å². The van der Waals surface area contributed by atoms with Gasteiger partial charge in [0.1, 0.15) is 18.1 Å². The fourth-order valence-electron chi connectivity index (χ4n) is 4.69. The number of hydrogen-bond donors (Lipinski definition) is 1. The van der Waals surface area contributed by atoms with Crippen LogP contribution in [0, 0.1) is 5.41 Å². The molecule has 1 aromatic carbocycles. The van der Waals surface area contributed by atoms with Gasteiger partial charge in [0.05, 0.1) is 25.4 Å². The van der Waals surface area contributed by atoms with Crippen LogP contribution in [0.4, 0.5) is 5.82 Å². The zero-order valence-electron chi connectivity index (χ0n) is 28.9. The number of benzene rings is 1. The van der Waals surface area contributed by atoms with Gasteiger partial charge >= 0.3 is 5.69 Å². The van der Waals surface area contributed by atoms with Gasteiger partial charge in [-0.2, -0.15) is 4.98 Å². The van der Waals surface area contributed by atoms with Gasteiger partial charge in [-0.15, -0.1) is 0 Å². The topological polar surface area (TPSA) is 97.8 Å². The third-order valence-electron chi connectivity index (χ3n) is 9.51. The van der Waals surface area contributed by atoms with Gasteiger partial charge in [-0.05, 0) is 47.2 Å². The Labute approximate surface area is 261 Å². The van der Waals surface area contributed by atoms with E-state index in [1.807, 2.05) is 18.2 Å². The molecule has 1 fully saturated rings. The first-order valence-corrected chi connectivity index (χ1v) is 21.4. The van der Waals surface area contributed by atoms with E-state index in [4.69, 9.17) is 24.1 Å². The molecule has 1 unspecified atom stereocenters. The van der Waals surface area contributed by atoms with Gasteiger partial charge in [-0.1, -0.05) is 92.6 Å². The van der Waals surface area contributed by atoms with Crippen molar-refractivity contribution in [3.05, 3.63) is 58.1 Å². The summed E-state index contributed by atoms with van der Waals surface area (Å²) in [4.78, 5) is 17.4. The van der Waals surface area contributed by atoms with E-state index >= 15 is 0 Å². The van der Waals surface area contributed by atoms with Crippen molar-refractivity contribution in [2.45, 2.75) is 136 Å². The molecule has 1 aliphatic rings. The van der Waals surface area contributed by atoms with E-state index in [0.717, 1.165) is 5.56 Å². The van der Waals surface area contributed by atoms with E-state index in [-0.39, 0.29) is 46.2 Å². The molecule has 0 radical (unpaired) electrons. The highest BCUT2D eigenvalue weighted by molar-refractivity contribution is 6.74. The molecule has 242 valence electrons. The van der Waals surface area contributed by atoms with Crippen molar-refractivity contribution >= 4 is 22.5 Å². The Bertz CT molecular complexity index is 1280. The Balaban J connectivity index is 1.89. The Morgan fingerprint density at radius 1 is 0.977 bits per heavy atom. The van der Waals surface area contributed by atoms with Gasteiger partial charge in [-0.3, -0.25) is 4.57 Å².